The van der Waals surface area contributed by atoms with Gasteiger partial charge in [0.05, 0.1) is 17.7 Å². The number of halogens is 5. The zero-order valence-corrected chi connectivity index (χ0v) is 17.9. The van der Waals surface area contributed by atoms with Crippen molar-refractivity contribution in [3.8, 4) is 0 Å². The van der Waals surface area contributed by atoms with Gasteiger partial charge >= 0.3 is 27.5 Å². The van der Waals surface area contributed by atoms with Crippen LogP contribution in [-0.2, 0) is 25.8 Å². The highest BCUT2D eigenvalue weighted by Gasteiger charge is 2.44. The Kier molecular flexibility index (Phi) is 7.24. The van der Waals surface area contributed by atoms with Gasteiger partial charge in [-0.25, -0.2) is 4.79 Å². The van der Waals surface area contributed by atoms with Crippen molar-refractivity contribution in [2.45, 2.75) is 17.5 Å². The molecule has 182 valence electrons. The van der Waals surface area contributed by atoms with Gasteiger partial charge in [0, 0.05) is 0 Å². The number of alkyl halides is 5. The summed E-state index contributed by atoms with van der Waals surface area (Å²) in [5, 5.41) is -3.07. The normalized spacial score (nSPS) is 13.6. The number of hydrogen-bond donors (Lipinski definition) is 1. The minimum absolute atomic E-state index is 0.234. The number of carbonyl (C=O) groups is 1. The fourth-order valence-corrected chi connectivity index (χ4v) is 3.19. The Morgan fingerprint density at radius 2 is 1.53 bits per heavy atom. The molecule has 12 heteroatoms. The number of fused-ring (bicyclic) bond motifs is 1. The molecule has 3 rings (SSSR count). The maximum absolute atomic E-state index is 13.5. The smallest absolute Gasteiger partial charge is 0.416 e. The highest BCUT2D eigenvalue weighted by Crippen LogP contribution is 2.30. The van der Waals surface area contributed by atoms with E-state index in [1.165, 1.54) is 6.07 Å². The minimum atomic E-state index is -5.73. The summed E-state index contributed by atoms with van der Waals surface area (Å²) < 4.78 is 105. The van der Waals surface area contributed by atoms with Crippen LogP contribution in [0.25, 0.3) is 10.8 Å². The molecule has 0 fully saturated rings. The first-order chi connectivity index (χ1) is 15.8. The standard InChI is InChI=1S/C22H17F5O6S/c23-21(24,34(29,30)31)13-32-12-19(17-6-5-14-3-1-2-4-16(14)11-17)33-20(28)15-7-9-18(10-8-15)22(25,26)27/h1-11,19H,12-13H2,(H,29,30,31). The lowest BCUT2D eigenvalue weighted by atomic mass is 10.0. The van der Waals surface area contributed by atoms with Gasteiger partial charge in [-0.2, -0.15) is 30.4 Å². The molecule has 1 atom stereocenters. The van der Waals surface area contributed by atoms with Crippen molar-refractivity contribution < 1.29 is 49.2 Å². The van der Waals surface area contributed by atoms with Gasteiger partial charge in [-0.3, -0.25) is 4.55 Å². The summed E-state index contributed by atoms with van der Waals surface area (Å²) in [4.78, 5) is 12.5. The summed E-state index contributed by atoms with van der Waals surface area (Å²) in [6.07, 6.45) is -5.93. The monoisotopic (exact) mass is 504 g/mol. The minimum Gasteiger partial charge on any atom is -0.451 e. The quantitative estimate of drug-likeness (QED) is 0.256. The van der Waals surface area contributed by atoms with Crippen molar-refractivity contribution in [1.82, 2.24) is 0 Å². The fourth-order valence-electron chi connectivity index (χ4n) is 2.96. The Morgan fingerprint density at radius 1 is 0.912 bits per heavy atom. The summed E-state index contributed by atoms with van der Waals surface area (Å²) in [5.41, 5.74) is -0.915. The first-order valence-corrected chi connectivity index (χ1v) is 11.0. The molecule has 1 N–H and O–H groups in total. The molecule has 0 aliphatic heterocycles. The van der Waals surface area contributed by atoms with E-state index < -0.39 is 52.4 Å². The summed E-state index contributed by atoms with van der Waals surface area (Å²) >= 11 is 0. The van der Waals surface area contributed by atoms with Crippen molar-refractivity contribution in [2.75, 3.05) is 13.2 Å². The Labute approximate surface area is 190 Å². The van der Waals surface area contributed by atoms with Crippen LogP contribution in [0.5, 0.6) is 0 Å². The van der Waals surface area contributed by atoms with Crippen LogP contribution in [0.3, 0.4) is 0 Å². The molecule has 1 unspecified atom stereocenters. The van der Waals surface area contributed by atoms with Crippen molar-refractivity contribution in [2.24, 2.45) is 0 Å². The van der Waals surface area contributed by atoms with Gasteiger partial charge in [-0.1, -0.05) is 36.4 Å². The van der Waals surface area contributed by atoms with Crippen molar-refractivity contribution >= 4 is 26.9 Å². The van der Waals surface area contributed by atoms with Crippen molar-refractivity contribution in [3.63, 3.8) is 0 Å². The number of hydrogen-bond acceptors (Lipinski definition) is 5. The molecule has 6 nitrogen and oxygen atoms in total. The first-order valence-electron chi connectivity index (χ1n) is 9.57. The van der Waals surface area contributed by atoms with Crippen molar-refractivity contribution in [3.05, 3.63) is 83.4 Å². The fraction of sp³-hybridized carbons (Fsp3) is 0.227. The highest BCUT2D eigenvalue weighted by molar-refractivity contribution is 7.86. The Morgan fingerprint density at radius 3 is 2.12 bits per heavy atom. The van der Waals surface area contributed by atoms with Crippen LogP contribution in [0.2, 0.25) is 0 Å². The molecule has 0 aliphatic carbocycles. The third kappa shape index (κ3) is 6.07. The average Bonchev–Trinajstić information content (AvgIpc) is 2.76. The van der Waals surface area contributed by atoms with Gasteiger partial charge in [-0.15, -0.1) is 0 Å². The van der Waals surface area contributed by atoms with E-state index >= 15 is 0 Å². The van der Waals surface area contributed by atoms with E-state index in [0.29, 0.717) is 23.1 Å². The molecule has 0 radical (unpaired) electrons. The second kappa shape index (κ2) is 9.65. The summed E-state index contributed by atoms with van der Waals surface area (Å²) in [5.74, 6) is -1.06. The van der Waals surface area contributed by atoms with Crippen molar-refractivity contribution in [1.29, 1.82) is 0 Å². The number of benzene rings is 3. The van der Waals surface area contributed by atoms with Gasteiger partial charge < -0.3 is 9.47 Å². The molecule has 0 saturated heterocycles. The molecule has 0 amide bonds. The van der Waals surface area contributed by atoms with Crippen LogP contribution in [0.1, 0.15) is 27.6 Å². The lowest BCUT2D eigenvalue weighted by Gasteiger charge is -2.21. The zero-order chi connectivity index (χ0) is 25.1. The topological polar surface area (TPSA) is 89.9 Å². The van der Waals surface area contributed by atoms with Crippen LogP contribution in [0.15, 0.2) is 66.7 Å². The molecular formula is C22H17F5O6S. The summed E-state index contributed by atoms with van der Waals surface area (Å²) in [7, 11) is -5.73. The molecule has 0 bridgehead atoms. The molecule has 0 heterocycles. The number of carbonyl (C=O) groups excluding carboxylic acids is 1. The van der Waals surface area contributed by atoms with Gasteiger partial charge in [0.25, 0.3) is 0 Å². The maximum Gasteiger partial charge on any atom is 0.416 e. The number of rotatable bonds is 8. The highest BCUT2D eigenvalue weighted by atomic mass is 32.2. The van der Waals surface area contributed by atoms with E-state index in [4.69, 9.17) is 14.0 Å². The van der Waals surface area contributed by atoms with Gasteiger partial charge in [0.15, 0.2) is 6.10 Å². The molecule has 0 spiro atoms. The Bertz CT molecular complexity index is 1270. The summed E-state index contributed by atoms with van der Waals surface area (Å²) in [6.45, 7) is -2.44. The van der Waals surface area contributed by atoms with Crippen LogP contribution < -0.4 is 0 Å². The average molecular weight is 504 g/mol. The molecule has 3 aromatic rings. The predicted molar refractivity (Wildman–Crippen MR) is 111 cm³/mol. The number of ether oxygens (including phenoxy) is 2. The molecule has 0 aromatic heterocycles. The third-order valence-electron chi connectivity index (χ3n) is 4.76. The van der Waals surface area contributed by atoms with Crippen LogP contribution >= 0.6 is 0 Å². The molecule has 0 saturated carbocycles. The van der Waals surface area contributed by atoms with Gasteiger partial charge in [0.1, 0.15) is 6.61 Å². The van der Waals surface area contributed by atoms with E-state index in [-0.39, 0.29) is 5.56 Å². The largest absolute Gasteiger partial charge is 0.451 e. The third-order valence-corrected chi connectivity index (χ3v) is 5.63. The number of esters is 1. The van der Waals surface area contributed by atoms with E-state index in [0.717, 1.165) is 17.5 Å². The van der Waals surface area contributed by atoms with Gasteiger partial charge in [0.2, 0.25) is 0 Å². The van der Waals surface area contributed by atoms with Gasteiger partial charge in [-0.05, 0) is 46.7 Å². The molecule has 34 heavy (non-hydrogen) atoms. The molecule has 0 aliphatic rings. The first kappa shape index (κ1) is 25.5. The maximum atomic E-state index is 13.5. The van der Waals surface area contributed by atoms with E-state index in [1.54, 1.807) is 36.4 Å². The van der Waals surface area contributed by atoms with Crippen LogP contribution in [-0.4, -0.2) is 37.4 Å². The predicted octanol–water partition coefficient (Wildman–Crippen LogP) is 5.25. The lowest BCUT2D eigenvalue weighted by molar-refractivity contribution is -0.137. The molecular weight excluding hydrogens is 487 g/mol. The van der Waals surface area contributed by atoms with E-state index in [2.05, 4.69) is 0 Å². The second-order valence-electron chi connectivity index (χ2n) is 7.20. The lowest BCUT2D eigenvalue weighted by Crippen LogP contribution is -2.34. The Hall–Kier alpha value is -3.09. The second-order valence-corrected chi connectivity index (χ2v) is 8.75. The SMILES string of the molecule is O=C(OC(COCC(F)(F)S(=O)(=O)O)c1ccc2ccccc2c1)c1ccc(C(F)(F)F)cc1. The zero-order valence-electron chi connectivity index (χ0n) is 17.1. The molecule has 3 aromatic carbocycles. The van der Waals surface area contributed by atoms with E-state index in [1.807, 2.05) is 0 Å². The van der Waals surface area contributed by atoms with Crippen LogP contribution in [0, 0.1) is 0 Å². The van der Waals surface area contributed by atoms with Crippen LogP contribution in [0.4, 0.5) is 22.0 Å². The summed E-state index contributed by atoms with van der Waals surface area (Å²) in [6, 6.07) is 15.0. The van der Waals surface area contributed by atoms with E-state index in [9.17, 15) is 35.2 Å². The Balaban J connectivity index is 1.84.